The minimum atomic E-state index is -0.238. The number of halogens is 2. The van der Waals surface area contributed by atoms with Crippen molar-refractivity contribution >= 4 is 40.6 Å². The summed E-state index contributed by atoms with van der Waals surface area (Å²) in [7, 11) is 0. The first kappa shape index (κ1) is 28.1. The van der Waals surface area contributed by atoms with Crippen molar-refractivity contribution in [1.29, 1.82) is 0 Å². The smallest absolute Gasteiger partial charge is 0.318 e. The molecule has 3 fully saturated rings. The van der Waals surface area contributed by atoms with E-state index in [1.165, 1.54) is 38.4 Å². The fourth-order valence-corrected chi connectivity index (χ4v) is 6.55. The summed E-state index contributed by atoms with van der Waals surface area (Å²) in [6.07, 6.45) is 5.67. The molecule has 3 aliphatic heterocycles. The van der Waals surface area contributed by atoms with Crippen LogP contribution in [0.15, 0.2) is 30.9 Å². The van der Waals surface area contributed by atoms with Gasteiger partial charge in [0.25, 0.3) is 0 Å². The quantitative estimate of drug-likeness (QED) is 0.315. The molecule has 216 valence electrons. The van der Waals surface area contributed by atoms with Gasteiger partial charge in [-0.1, -0.05) is 35.8 Å². The molecule has 1 aromatic carbocycles. The molecule has 11 heteroatoms. The van der Waals surface area contributed by atoms with E-state index in [1.54, 1.807) is 11.0 Å². The lowest BCUT2D eigenvalue weighted by Crippen LogP contribution is -2.56. The molecule has 1 unspecified atom stereocenters. The molecule has 4 heterocycles. The van der Waals surface area contributed by atoms with Crippen molar-refractivity contribution in [2.45, 2.75) is 38.3 Å². The second-order valence-corrected chi connectivity index (χ2v) is 12.4. The Morgan fingerprint density at radius 2 is 2.00 bits per heavy atom. The van der Waals surface area contributed by atoms with Crippen LogP contribution in [0.5, 0.6) is 6.01 Å². The number of piperazine rings is 1. The van der Waals surface area contributed by atoms with Crippen LogP contribution >= 0.6 is 23.2 Å². The van der Waals surface area contributed by atoms with E-state index in [1.807, 2.05) is 12.1 Å². The van der Waals surface area contributed by atoms with E-state index in [9.17, 15) is 4.79 Å². The third-order valence-electron chi connectivity index (χ3n) is 8.81. The van der Waals surface area contributed by atoms with Crippen LogP contribution in [-0.2, 0) is 17.8 Å². The van der Waals surface area contributed by atoms with Crippen molar-refractivity contribution in [3.63, 3.8) is 0 Å². The van der Waals surface area contributed by atoms with E-state index < -0.39 is 0 Å². The largest absolute Gasteiger partial charge is 0.463 e. The number of aromatic nitrogens is 2. The average Bonchev–Trinajstić information content (AvgIpc) is 3.74. The SMILES string of the molecule is [C-]#[N+]CC1CN(c2nc(OCC3(CN4CCC4)CC3)nc3c2CCN(c2cccc(Cl)c2Cl)C3)CCN1C(=O)C=C. The number of carbonyl (C=O) groups is 1. The molecule has 9 nitrogen and oxygen atoms in total. The zero-order valence-corrected chi connectivity index (χ0v) is 24.7. The zero-order valence-electron chi connectivity index (χ0n) is 23.2. The third-order valence-corrected chi connectivity index (χ3v) is 9.62. The van der Waals surface area contributed by atoms with Crippen LogP contribution in [-0.4, -0.2) is 90.7 Å². The fraction of sp³-hybridized carbons (Fsp3) is 0.533. The molecular weight excluding hydrogens is 561 g/mol. The molecule has 1 saturated carbocycles. The Balaban J connectivity index is 1.29. The Kier molecular flexibility index (Phi) is 7.99. The summed E-state index contributed by atoms with van der Waals surface area (Å²) in [6, 6.07) is 5.84. The number of rotatable bonds is 9. The summed E-state index contributed by atoms with van der Waals surface area (Å²) >= 11 is 12.9. The van der Waals surface area contributed by atoms with E-state index in [2.05, 4.69) is 26.1 Å². The number of anilines is 2. The Morgan fingerprint density at radius 1 is 1.17 bits per heavy atom. The number of hydrogen-bond donors (Lipinski definition) is 0. The highest BCUT2D eigenvalue weighted by atomic mass is 35.5. The Hall–Kier alpha value is -3.06. The molecule has 1 aromatic heterocycles. The van der Waals surface area contributed by atoms with E-state index in [0.717, 1.165) is 42.3 Å². The van der Waals surface area contributed by atoms with Gasteiger partial charge in [0.1, 0.15) is 11.9 Å². The van der Waals surface area contributed by atoms with Gasteiger partial charge in [0.05, 0.1) is 34.6 Å². The van der Waals surface area contributed by atoms with E-state index in [-0.39, 0.29) is 23.9 Å². The number of ether oxygens (including phenoxy) is 1. The van der Waals surface area contributed by atoms with Gasteiger partial charge >= 0.3 is 6.01 Å². The molecule has 0 radical (unpaired) electrons. The van der Waals surface area contributed by atoms with Gasteiger partial charge in [-0.15, -0.1) is 0 Å². The maximum absolute atomic E-state index is 12.5. The van der Waals surface area contributed by atoms with Crippen molar-refractivity contribution in [2.24, 2.45) is 5.41 Å². The predicted octanol–water partition coefficient (Wildman–Crippen LogP) is 4.33. The molecule has 6 rings (SSSR count). The average molecular weight is 597 g/mol. The highest BCUT2D eigenvalue weighted by Gasteiger charge is 2.46. The number of benzene rings is 1. The summed E-state index contributed by atoms with van der Waals surface area (Å²) < 4.78 is 6.37. The first-order valence-corrected chi connectivity index (χ1v) is 15.1. The lowest BCUT2D eigenvalue weighted by Gasteiger charge is -2.41. The minimum absolute atomic E-state index is 0.141. The van der Waals surface area contributed by atoms with E-state index >= 15 is 0 Å². The first-order valence-electron chi connectivity index (χ1n) is 14.3. The molecule has 2 aromatic rings. The van der Waals surface area contributed by atoms with Crippen molar-refractivity contribution < 1.29 is 9.53 Å². The molecule has 4 aliphatic rings. The van der Waals surface area contributed by atoms with Crippen LogP contribution in [0.1, 0.15) is 30.5 Å². The highest BCUT2D eigenvalue weighted by Crippen LogP contribution is 2.47. The third kappa shape index (κ3) is 5.83. The van der Waals surface area contributed by atoms with Crippen molar-refractivity contribution in [1.82, 2.24) is 19.8 Å². The molecular formula is C30H35Cl2N7O2. The van der Waals surface area contributed by atoms with Gasteiger partial charge in [-0.2, -0.15) is 9.97 Å². The predicted molar refractivity (Wildman–Crippen MR) is 161 cm³/mol. The number of likely N-dealkylation sites (tertiary alicyclic amines) is 1. The summed E-state index contributed by atoms with van der Waals surface area (Å²) in [6.45, 7) is 18.3. The van der Waals surface area contributed by atoms with Gasteiger partial charge in [0.2, 0.25) is 12.5 Å². The summed E-state index contributed by atoms with van der Waals surface area (Å²) in [5.41, 5.74) is 3.06. The van der Waals surface area contributed by atoms with Crippen LogP contribution in [0.4, 0.5) is 11.5 Å². The number of carbonyl (C=O) groups excluding carboxylic acids is 1. The standard InChI is InChI=1S/C30H35Cl2N7O2/c1-3-26(40)39-15-14-38(17-21(39)16-33-2)28-22-8-13-37(25-7-4-6-23(31)27(25)32)18-24(22)34-29(35-28)41-20-30(9-10-30)19-36-11-5-12-36/h3-4,6-7,21H,1,5,8-20H2. The molecule has 41 heavy (non-hydrogen) atoms. The summed E-state index contributed by atoms with van der Waals surface area (Å²) in [4.78, 5) is 34.7. The van der Waals surface area contributed by atoms with Crippen LogP contribution < -0.4 is 14.5 Å². The maximum Gasteiger partial charge on any atom is 0.318 e. The molecule has 1 atom stereocenters. The second-order valence-electron chi connectivity index (χ2n) is 11.6. The number of amides is 1. The Labute approximate surface area is 251 Å². The second kappa shape index (κ2) is 11.7. The molecule has 1 aliphatic carbocycles. The van der Waals surface area contributed by atoms with Crippen molar-refractivity contribution in [3.8, 4) is 6.01 Å². The zero-order chi connectivity index (χ0) is 28.6. The van der Waals surface area contributed by atoms with Crippen molar-refractivity contribution in [2.75, 3.05) is 68.8 Å². The van der Waals surface area contributed by atoms with E-state index in [0.29, 0.717) is 48.8 Å². The molecule has 0 bridgehead atoms. The van der Waals surface area contributed by atoms with Gasteiger partial charge in [-0.25, -0.2) is 6.57 Å². The molecule has 0 N–H and O–H groups in total. The van der Waals surface area contributed by atoms with Crippen LogP contribution in [0.3, 0.4) is 0 Å². The van der Waals surface area contributed by atoms with Gasteiger partial charge in [0, 0.05) is 43.7 Å². The maximum atomic E-state index is 12.5. The van der Waals surface area contributed by atoms with Gasteiger partial charge in [-0.05, 0) is 57.0 Å². The van der Waals surface area contributed by atoms with Gasteiger partial charge in [0.15, 0.2) is 0 Å². The Morgan fingerprint density at radius 3 is 2.71 bits per heavy atom. The van der Waals surface area contributed by atoms with Crippen LogP contribution in [0.2, 0.25) is 10.0 Å². The lowest BCUT2D eigenvalue weighted by molar-refractivity contribution is -0.128. The van der Waals surface area contributed by atoms with Gasteiger partial charge in [-0.3, -0.25) is 4.79 Å². The van der Waals surface area contributed by atoms with E-state index in [4.69, 9.17) is 44.5 Å². The number of hydrogen-bond acceptors (Lipinski definition) is 7. The molecule has 1 amide bonds. The molecule has 0 spiro atoms. The lowest BCUT2D eigenvalue weighted by atomic mass is 10.0. The number of fused-ring (bicyclic) bond motifs is 1. The fourth-order valence-electron chi connectivity index (χ4n) is 6.13. The molecule has 2 saturated heterocycles. The highest BCUT2D eigenvalue weighted by molar-refractivity contribution is 6.43. The summed E-state index contributed by atoms with van der Waals surface area (Å²) in [5.74, 6) is 0.702. The first-order chi connectivity index (χ1) is 19.9. The van der Waals surface area contributed by atoms with Crippen LogP contribution in [0, 0.1) is 12.0 Å². The van der Waals surface area contributed by atoms with Gasteiger partial charge < -0.3 is 29.2 Å². The minimum Gasteiger partial charge on any atom is -0.463 e. The normalized spacial score (nSPS) is 21.5. The monoisotopic (exact) mass is 595 g/mol. The topological polar surface area (TPSA) is 69.4 Å². The number of nitrogens with zero attached hydrogens (tertiary/aromatic N) is 7. The van der Waals surface area contributed by atoms with Crippen LogP contribution in [0.25, 0.3) is 4.85 Å². The van der Waals surface area contributed by atoms with Crippen molar-refractivity contribution in [3.05, 3.63) is 63.6 Å². The summed E-state index contributed by atoms with van der Waals surface area (Å²) in [5, 5.41) is 1.06. The Bertz CT molecular complexity index is 1370.